The van der Waals surface area contributed by atoms with Crippen molar-refractivity contribution < 1.29 is 18.3 Å². The van der Waals surface area contributed by atoms with Gasteiger partial charge in [0.1, 0.15) is 5.75 Å². The molecule has 0 aliphatic heterocycles. The van der Waals surface area contributed by atoms with Crippen LogP contribution in [-0.2, 0) is 9.84 Å². The molecule has 0 saturated heterocycles. The molecule has 1 aromatic carbocycles. The molecule has 0 spiro atoms. The van der Waals surface area contributed by atoms with Crippen LogP contribution in [0.25, 0.3) is 0 Å². The van der Waals surface area contributed by atoms with Crippen molar-refractivity contribution in [1.82, 2.24) is 0 Å². The van der Waals surface area contributed by atoms with E-state index in [2.05, 4.69) is 0 Å². The number of hydrogen-bond acceptors (Lipinski definition) is 4. The molecule has 0 bridgehead atoms. The average molecular weight is 256 g/mol. The number of ether oxygens (including phenoxy) is 1. The van der Waals surface area contributed by atoms with Crippen LogP contribution < -0.4 is 4.74 Å². The van der Waals surface area contributed by atoms with Crippen molar-refractivity contribution in [2.45, 2.75) is 11.2 Å². The van der Waals surface area contributed by atoms with Crippen molar-refractivity contribution in [3.05, 3.63) is 29.8 Å². The predicted octanol–water partition coefficient (Wildman–Crippen LogP) is 0.814. The Morgan fingerprint density at radius 2 is 1.88 bits per heavy atom. The van der Waals surface area contributed by atoms with E-state index in [4.69, 9.17) is 4.74 Å². The highest BCUT2D eigenvalue weighted by atomic mass is 32.2. The SMILES string of the molecule is COc1ccc([C@H]2[C@H](CO)[C@@H]2S(C)(=O)=O)cc1. The van der Waals surface area contributed by atoms with E-state index in [-0.39, 0.29) is 18.4 Å². The normalized spacial score (nSPS) is 27.8. The van der Waals surface area contributed by atoms with Crippen molar-refractivity contribution in [3.63, 3.8) is 0 Å². The van der Waals surface area contributed by atoms with Gasteiger partial charge in [-0.3, -0.25) is 0 Å². The molecule has 0 heterocycles. The van der Waals surface area contributed by atoms with Gasteiger partial charge in [0.2, 0.25) is 0 Å². The van der Waals surface area contributed by atoms with Gasteiger partial charge in [0, 0.05) is 24.7 Å². The summed E-state index contributed by atoms with van der Waals surface area (Å²) in [7, 11) is -1.51. The van der Waals surface area contributed by atoms with Crippen molar-refractivity contribution in [2.24, 2.45) is 5.92 Å². The molecule has 5 heteroatoms. The van der Waals surface area contributed by atoms with E-state index in [1.54, 1.807) is 19.2 Å². The van der Waals surface area contributed by atoms with Crippen LogP contribution >= 0.6 is 0 Å². The van der Waals surface area contributed by atoms with E-state index >= 15 is 0 Å². The maximum atomic E-state index is 11.5. The summed E-state index contributed by atoms with van der Waals surface area (Å²) in [6.07, 6.45) is 1.23. The lowest BCUT2D eigenvalue weighted by atomic mass is 10.1. The summed E-state index contributed by atoms with van der Waals surface area (Å²) in [4.78, 5) is 0. The van der Waals surface area contributed by atoms with Crippen LogP contribution in [0, 0.1) is 5.92 Å². The van der Waals surface area contributed by atoms with Crippen LogP contribution in [0.15, 0.2) is 24.3 Å². The Morgan fingerprint density at radius 3 is 2.24 bits per heavy atom. The van der Waals surface area contributed by atoms with Crippen LogP contribution in [0.5, 0.6) is 5.75 Å². The smallest absolute Gasteiger partial charge is 0.151 e. The van der Waals surface area contributed by atoms with Crippen LogP contribution in [-0.4, -0.2) is 38.7 Å². The Hall–Kier alpha value is -1.07. The number of hydrogen-bond donors (Lipinski definition) is 1. The van der Waals surface area contributed by atoms with Crippen molar-refractivity contribution in [1.29, 1.82) is 0 Å². The summed E-state index contributed by atoms with van der Waals surface area (Å²) >= 11 is 0. The Kier molecular flexibility index (Phi) is 3.14. The van der Waals surface area contributed by atoms with E-state index in [0.29, 0.717) is 0 Å². The minimum absolute atomic E-state index is 0.0825. The molecule has 1 aromatic rings. The fraction of sp³-hybridized carbons (Fsp3) is 0.500. The molecule has 0 amide bonds. The molecule has 4 nitrogen and oxygen atoms in total. The molecule has 3 atom stereocenters. The molecule has 1 N–H and O–H groups in total. The zero-order valence-corrected chi connectivity index (χ0v) is 10.6. The Balaban J connectivity index is 2.23. The van der Waals surface area contributed by atoms with Gasteiger partial charge < -0.3 is 9.84 Å². The first-order chi connectivity index (χ1) is 7.99. The standard InChI is InChI=1S/C12H16O4S/c1-16-9-5-3-8(4-6-9)11-10(7-13)12(11)17(2,14)15/h3-6,10-13H,7H2,1-2H3/t10-,11-,12-/m0/s1. The highest BCUT2D eigenvalue weighted by Gasteiger charge is 2.56. The quantitative estimate of drug-likeness (QED) is 0.866. The molecule has 1 fully saturated rings. The third-order valence-corrected chi connectivity index (χ3v) is 4.93. The van der Waals surface area contributed by atoms with Crippen molar-refractivity contribution >= 4 is 9.84 Å². The van der Waals surface area contributed by atoms with E-state index in [1.807, 2.05) is 12.1 Å². The number of rotatable bonds is 4. The first-order valence-electron chi connectivity index (χ1n) is 5.42. The van der Waals surface area contributed by atoms with Crippen LogP contribution in [0.4, 0.5) is 0 Å². The highest BCUT2D eigenvalue weighted by Crippen LogP contribution is 2.51. The fourth-order valence-electron chi connectivity index (χ4n) is 2.41. The summed E-state index contributed by atoms with van der Waals surface area (Å²) in [5, 5.41) is 8.74. The van der Waals surface area contributed by atoms with Gasteiger partial charge in [-0.05, 0) is 17.7 Å². The first-order valence-corrected chi connectivity index (χ1v) is 7.38. The van der Waals surface area contributed by atoms with Crippen molar-refractivity contribution in [2.75, 3.05) is 20.0 Å². The fourth-order valence-corrected chi connectivity index (χ4v) is 4.10. The molecule has 0 radical (unpaired) electrons. The van der Waals surface area contributed by atoms with Gasteiger partial charge in [0.15, 0.2) is 9.84 Å². The lowest BCUT2D eigenvalue weighted by Gasteiger charge is -2.02. The van der Waals surface area contributed by atoms with Crippen LogP contribution in [0.2, 0.25) is 0 Å². The van der Waals surface area contributed by atoms with Gasteiger partial charge in [0.05, 0.1) is 12.4 Å². The third kappa shape index (κ3) is 2.30. The zero-order valence-electron chi connectivity index (χ0n) is 9.83. The van der Waals surface area contributed by atoms with Crippen LogP contribution in [0.1, 0.15) is 11.5 Å². The Labute approximate surface area is 101 Å². The minimum atomic E-state index is -3.10. The molecule has 0 aromatic heterocycles. The van der Waals surface area contributed by atoms with E-state index in [9.17, 15) is 13.5 Å². The minimum Gasteiger partial charge on any atom is -0.497 e. The molecule has 2 rings (SSSR count). The highest BCUT2D eigenvalue weighted by molar-refractivity contribution is 7.91. The Bertz CT molecular complexity index is 492. The molecule has 1 aliphatic carbocycles. The largest absolute Gasteiger partial charge is 0.497 e. The lowest BCUT2D eigenvalue weighted by Crippen LogP contribution is -2.08. The van der Waals surface area contributed by atoms with E-state index < -0.39 is 15.1 Å². The van der Waals surface area contributed by atoms with Crippen molar-refractivity contribution in [3.8, 4) is 5.75 Å². The number of aliphatic hydroxyl groups excluding tert-OH is 1. The molecular formula is C12H16O4S. The maximum Gasteiger partial charge on any atom is 0.151 e. The van der Waals surface area contributed by atoms with E-state index in [1.165, 1.54) is 6.26 Å². The molecule has 94 valence electrons. The maximum absolute atomic E-state index is 11.5. The topological polar surface area (TPSA) is 63.6 Å². The molecule has 1 aliphatic rings. The van der Waals surface area contributed by atoms with Gasteiger partial charge in [-0.2, -0.15) is 0 Å². The lowest BCUT2D eigenvalue weighted by molar-refractivity contribution is 0.274. The average Bonchev–Trinajstić information content (AvgIpc) is 3.03. The summed E-state index contributed by atoms with van der Waals surface area (Å²) in [5.41, 5.74) is 0.945. The van der Waals surface area contributed by atoms with Gasteiger partial charge in [-0.1, -0.05) is 12.1 Å². The van der Waals surface area contributed by atoms with Gasteiger partial charge in [-0.25, -0.2) is 8.42 Å². The Morgan fingerprint density at radius 1 is 1.29 bits per heavy atom. The number of aliphatic hydroxyl groups is 1. The summed E-state index contributed by atoms with van der Waals surface area (Å²) in [6, 6.07) is 7.33. The van der Waals surface area contributed by atoms with E-state index in [0.717, 1.165) is 11.3 Å². The van der Waals surface area contributed by atoms with Gasteiger partial charge in [-0.15, -0.1) is 0 Å². The zero-order chi connectivity index (χ0) is 12.6. The van der Waals surface area contributed by atoms with Gasteiger partial charge in [0.25, 0.3) is 0 Å². The second-order valence-electron chi connectivity index (χ2n) is 4.44. The molecule has 17 heavy (non-hydrogen) atoms. The summed E-state index contributed by atoms with van der Waals surface area (Å²) in [5.74, 6) is 0.491. The first kappa shape index (κ1) is 12.4. The number of sulfone groups is 1. The predicted molar refractivity (Wildman–Crippen MR) is 64.9 cm³/mol. The summed E-state index contributed by atoms with van der Waals surface area (Å²) < 4.78 is 28.1. The van der Waals surface area contributed by atoms with Crippen LogP contribution in [0.3, 0.4) is 0 Å². The number of benzene rings is 1. The third-order valence-electron chi connectivity index (χ3n) is 3.30. The monoisotopic (exact) mass is 256 g/mol. The summed E-state index contributed by atoms with van der Waals surface area (Å²) in [6.45, 7) is -0.0889. The molecule has 1 saturated carbocycles. The second-order valence-corrected chi connectivity index (χ2v) is 6.64. The van der Waals surface area contributed by atoms with Gasteiger partial charge >= 0.3 is 0 Å². The second kappa shape index (κ2) is 4.31. The number of methoxy groups -OCH3 is 1. The molecule has 0 unspecified atom stereocenters. The molecular weight excluding hydrogens is 240 g/mol.